The average molecular weight is 508 g/mol. The molecule has 2 aromatic carbocycles. The minimum atomic E-state index is 0. The molecule has 0 unspecified atom stereocenters. The molecule has 0 aliphatic heterocycles. The summed E-state index contributed by atoms with van der Waals surface area (Å²) in [7, 11) is 5.06. The van der Waals surface area contributed by atoms with Crippen LogP contribution >= 0.6 is 24.0 Å². The minimum absolute atomic E-state index is 0. The summed E-state index contributed by atoms with van der Waals surface area (Å²) in [6, 6.07) is 12.4. The first-order valence-electron chi connectivity index (χ1n) is 9.37. The first-order valence-corrected chi connectivity index (χ1v) is 9.37. The number of halogens is 1. The molecule has 0 fully saturated rings. The van der Waals surface area contributed by atoms with E-state index in [2.05, 4.69) is 51.9 Å². The van der Waals surface area contributed by atoms with E-state index in [1.54, 1.807) is 21.3 Å². The van der Waals surface area contributed by atoms with Crippen LogP contribution in [0.3, 0.4) is 0 Å². The molecule has 0 aliphatic rings. The highest BCUT2D eigenvalue weighted by atomic mass is 127. The van der Waals surface area contributed by atoms with E-state index in [9.17, 15) is 0 Å². The summed E-state index contributed by atoms with van der Waals surface area (Å²) < 4.78 is 10.8. The van der Waals surface area contributed by atoms with Crippen molar-refractivity contribution in [3.05, 3.63) is 59.3 Å². The van der Waals surface area contributed by atoms with E-state index in [0.717, 1.165) is 36.0 Å². The normalized spacial score (nSPS) is 11.1. The van der Waals surface area contributed by atoms with Crippen molar-refractivity contribution in [2.75, 3.05) is 27.8 Å². The Morgan fingerprint density at radius 1 is 1.07 bits per heavy atom. The number of aliphatic imine (C=N–C) groups is 1. The fourth-order valence-corrected chi connectivity index (χ4v) is 3.32. The number of nitrogens with zero attached hydrogens (tertiary/aromatic N) is 1. The number of H-pyrrole nitrogens is 1. The van der Waals surface area contributed by atoms with Crippen LogP contribution in [-0.2, 0) is 13.0 Å². The highest BCUT2D eigenvalue weighted by Crippen LogP contribution is 2.30. The van der Waals surface area contributed by atoms with Crippen LogP contribution < -0.4 is 20.1 Å². The molecule has 0 saturated heterocycles. The van der Waals surface area contributed by atoms with Crippen molar-refractivity contribution < 1.29 is 9.47 Å². The number of aryl methyl sites for hydroxylation is 1. The van der Waals surface area contributed by atoms with Gasteiger partial charge in [0.2, 0.25) is 0 Å². The fraction of sp³-hybridized carbons (Fsp3) is 0.318. The molecule has 0 saturated carbocycles. The first-order chi connectivity index (χ1) is 13.7. The second-order valence-electron chi connectivity index (χ2n) is 6.62. The molecule has 3 aromatic rings. The second-order valence-corrected chi connectivity index (χ2v) is 6.62. The summed E-state index contributed by atoms with van der Waals surface area (Å²) >= 11 is 0. The molecular weight excluding hydrogens is 479 g/mol. The van der Waals surface area contributed by atoms with Gasteiger partial charge >= 0.3 is 0 Å². The molecule has 7 heteroatoms. The summed E-state index contributed by atoms with van der Waals surface area (Å²) in [5, 5.41) is 7.98. The third-order valence-electron chi connectivity index (χ3n) is 4.76. The lowest BCUT2D eigenvalue weighted by Crippen LogP contribution is -2.37. The number of rotatable bonds is 7. The van der Waals surface area contributed by atoms with Crippen LogP contribution in [-0.4, -0.2) is 38.8 Å². The van der Waals surface area contributed by atoms with Crippen molar-refractivity contribution in [1.29, 1.82) is 0 Å². The third-order valence-corrected chi connectivity index (χ3v) is 4.76. The Morgan fingerprint density at radius 2 is 1.90 bits per heavy atom. The molecule has 1 aromatic heterocycles. The van der Waals surface area contributed by atoms with Gasteiger partial charge in [-0.25, -0.2) is 0 Å². The summed E-state index contributed by atoms with van der Waals surface area (Å²) in [5.74, 6) is 2.21. The molecule has 156 valence electrons. The van der Waals surface area contributed by atoms with Gasteiger partial charge in [-0.3, -0.25) is 4.99 Å². The molecular formula is C22H29IN4O2. The largest absolute Gasteiger partial charge is 0.493 e. The van der Waals surface area contributed by atoms with E-state index in [4.69, 9.17) is 9.47 Å². The van der Waals surface area contributed by atoms with E-state index in [0.29, 0.717) is 6.54 Å². The number of aromatic amines is 1. The quantitative estimate of drug-likeness (QED) is 0.256. The minimum Gasteiger partial charge on any atom is -0.493 e. The van der Waals surface area contributed by atoms with Gasteiger partial charge in [0, 0.05) is 42.8 Å². The molecule has 0 aliphatic carbocycles. The SMILES string of the molecule is CN=C(NCCc1c[nH]c2cc(C)ccc12)NCc1cccc(OC)c1OC.I. The van der Waals surface area contributed by atoms with Crippen LogP contribution in [0.5, 0.6) is 11.5 Å². The second kappa shape index (κ2) is 10.9. The number of aromatic nitrogens is 1. The Morgan fingerprint density at radius 3 is 2.62 bits per heavy atom. The Bertz CT molecular complexity index is 969. The predicted octanol–water partition coefficient (Wildman–Crippen LogP) is 4.02. The Labute approximate surface area is 189 Å². The van der Waals surface area contributed by atoms with Crippen molar-refractivity contribution in [2.24, 2.45) is 4.99 Å². The zero-order valence-corrected chi connectivity index (χ0v) is 19.7. The third kappa shape index (κ3) is 5.56. The monoisotopic (exact) mass is 508 g/mol. The van der Waals surface area contributed by atoms with Gasteiger partial charge in [-0.1, -0.05) is 24.3 Å². The number of fused-ring (bicyclic) bond motifs is 1. The Hall–Kier alpha value is -2.42. The van der Waals surface area contributed by atoms with Gasteiger partial charge in [0.05, 0.1) is 14.2 Å². The molecule has 3 rings (SSSR count). The summed E-state index contributed by atoms with van der Waals surface area (Å²) in [6.07, 6.45) is 3.00. The van der Waals surface area contributed by atoms with Crippen molar-refractivity contribution >= 4 is 40.8 Å². The molecule has 0 atom stereocenters. The fourth-order valence-electron chi connectivity index (χ4n) is 3.32. The Kier molecular flexibility index (Phi) is 8.63. The maximum absolute atomic E-state index is 5.48. The molecule has 0 bridgehead atoms. The van der Waals surface area contributed by atoms with Gasteiger partial charge in [-0.15, -0.1) is 24.0 Å². The van der Waals surface area contributed by atoms with E-state index < -0.39 is 0 Å². The number of nitrogens with one attached hydrogen (secondary N) is 3. The smallest absolute Gasteiger partial charge is 0.191 e. The Balaban J connectivity index is 0.00000300. The summed E-state index contributed by atoms with van der Waals surface area (Å²) in [4.78, 5) is 7.66. The number of guanidine groups is 1. The van der Waals surface area contributed by atoms with Gasteiger partial charge in [0.25, 0.3) is 0 Å². The van der Waals surface area contributed by atoms with Gasteiger partial charge in [0.15, 0.2) is 17.5 Å². The predicted molar refractivity (Wildman–Crippen MR) is 130 cm³/mol. The number of para-hydroxylation sites is 1. The molecule has 0 spiro atoms. The van der Waals surface area contributed by atoms with Crippen molar-refractivity contribution in [1.82, 2.24) is 15.6 Å². The number of hydrogen-bond donors (Lipinski definition) is 3. The molecule has 3 N–H and O–H groups in total. The first kappa shape index (κ1) is 22.9. The zero-order chi connectivity index (χ0) is 19.9. The lowest BCUT2D eigenvalue weighted by Gasteiger charge is -2.15. The van der Waals surface area contributed by atoms with Crippen LogP contribution in [0.15, 0.2) is 47.6 Å². The van der Waals surface area contributed by atoms with Crippen molar-refractivity contribution in [2.45, 2.75) is 19.9 Å². The van der Waals surface area contributed by atoms with E-state index in [1.165, 1.54) is 22.0 Å². The van der Waals surface area contributed by atoms with Crippen LogP contribution in [0.1, 0.15) is 16.7 Å². The lowest BCUT2D eigenvalue weighted by molar-refractivity contribution is 0.351. The van der Waals surface area contributed by atoms with Crippen LogP contribution in [0, 0.1) is 6.92 Å². The molecule has 29 heavy (non-hydrogen) atoms. The van der Waals surface area contributed by atoms with E-state index in [1.807, 2.05) is 18.2 Å². The van der Waals surface area contributed by atoms with Gasteiger partial charge < -0.3 is 25.1 Å². The molecule has 0 amide bonds. The molecule has 1 heterocycles. The molecule has 6 nitrogen and oxygen atoms in total. The highest BCUT2D eigenvalue weighted by Gasteiger charge is 2.10. The number of methoxy groups -OCH3 is 2. The van der Waals surface area contributed by atoms with Crippen LogP contribution in [0.4, 0.5) is 0 Å². The number of hydrogen-bond acceptors (Lipinski definition) is 3. The van der Waals surface area contributed by atoms with E-state index in [-0.39, 0.29) is 24.0 Å². The molecule has 0 radical (unpaired) electrons. The van der Waals surface area contributed by atoms with Crippen molar-refractivity contribution in [3.63, 3.8) is 0 Å². The standard InChI is InChI=1S/C22H28N4O2.HI/c1-15-8-9-18-16(13-25-19(18)12-15)10-11-24-22(23-2)26-14-17-6-5-7-20(27-3)21(17)28-4;/h5-9,12-13,25H,10-11,14H2,1-4H3,(H2,23,24,26);1H. The maximum Gasteiger partial charge on any atom is 0.191 e. The summed E-state index contributed by atoms with van der Waals surface area (Å²) in [6.45, 7) is 3.48. The van der Waals surface area contributed by atoms with Gasteiger partial charge in [0.1, 0.15) is 0 Å². The highest BCUT2D eigenvalue weighted by molar-refractivity contribution is 14.0. The van der Waals surface area contributed by atoms with E-state index >= 15 is 0 Å². The van der Waals surface area contributed by atoms with Crippen LogP contribution in [0.25, 0.3) is 10.9 Å². The summed E-state index contributed by atoms with van der Waals surface area (Å²) in [5.41, 5.74) is 4.75. The van der Waals surface area contributed by atoms with Crippen molar-refractivity contribution in [3.8, 4) is 11.5 Å². The average Bonchev–Trinajstić information content (AvgIpc) is 3.11. The zero-order valence-electron chi connectivity index (χ0n) is 17.3. The number of ether oxygens (including phenoxy) is 2. The topological polar surface area (TPSA) is 70.7 Å². The maximum atomic E-state index is 5.48. The van der Waals surface area contributed by atoms with Gasteiger partial charge in [-0.05, 0) is 36.6 Å². The lowest BCUT2D eigenvalue weighted by atomic mass is 10.1. The van der Waals surface area contributed by atoms with Gasteiger partial charge in [-0.2, -0.15) is 0 Å². The number of benzene rings is 2. The van der Waals surface area contributed by atoms with Crippen LogP contribution in [0.2, 0.25) is 0 Å².